The van der Waals surface area contributed by atoms with Crippen molar-refractivity contribution in [3.63, 3.8) is 0 Å². The average molecular weight is 423 g/mol. The second-order valence-corrected chi connectivity index (χ2v) is 8.30. The van der Waals surface area contributed by atoms with Crippen LogP contribution in [0.5, 0.6) is 5.75 Å². The van der Waals surface area contributed by atoms with E-state index in [1.54, 1.807) is 6.92 Å². The second-order valence-electron chi connectivity index (χ2n) is 7.86. The summed E-state index contributed by atoms with van der Waals surface area (Å²) < 4.78 is 6.21. The van der Waals surface area contributed by atoms with Crippen molar-refractivity contribution in [2.45, 2.75) is 44.0 Å². The fourth-order valence-electron chi connectivity index (χ4n) is 4.28. The van der Waals surface area contributed by atoms with Gasteiger partial charge in [0.05, 0.1) is 12.1 Å². The van der Waals surface area contributed by atoms with Crippen molar-refractivity contribution in [3.05, 3.63) is 89.5 Å². The third kappa shape index (κ3) is 4.94. The number of carbonyl (C=O) groups is 1. The molecule has 5 heteroatoms. The van der Waals surface area contributed by atoms with Gasteiger partial charge in [0.2, 0.25) is 5.91 Å². The van der Waals surface area contributed by atoms with Crippen molar-refractivity contribution in [2.75, 3.05) is 6.54 Å². The van der Waals surface area contributed by atoms with Crippen LogP contribution in [0.3, 0.4) is 0 Å². The number of allylic oxidation sites excluding steroid dienone is 2. The van der Waals surface area contributed by atoms with Gasteiger partial charge in [-0.3, -0.25) is 4.79 Å². The Hall–Kier alpha value is -2.56. The minimum Gasteiger partial charge on any atom is -0.484 e. The van der Waals surface area contributed by atoms with E-state index in [0.29, 0.717) is 11.1 Å². The Balaban J connectivity index is 1.45. The zero-order chi connectivity index (χ0) is 20.9. The first-order valence-electron chi connectivity index (χ1n) is 10.5. The van der Waals surface area contributed by atoms with Gasteiger partial charge in [-0.1, -0.05) is 60.2 Å². The summed E-state index contributed by atoms with van der Waals surface area (Å²) in [6, 6.07) is 18.2. The fourth-order valence-corrected chi connectivity index (χ4v) is 4.40. The van der Waals surface area contributed by atoms with Gasteiger partial charge in [-0.2, -0.15) is 0 Å². The Morgan fingerprint density at radius 3 is 2.53 bits per heavy atom. The molecule has 1 amide bonds. The summed E-state index contributed by atoms with van der Waals surface area (Å²) in [5.41, 5.74) is 1.19. The minimum absolute atomic E-state index is 0.0657. The SMILES string of the molecule is CC(=O)N1CCC(NC2C=CC=CC2Oc2ccc(Cl)cc2)CC1c1ccccc1. The van der Waals surface area contributed by atoms with E-state index in [1.165, 1.54) is 5.56 Å². The molecule has 0 radical (unpaired) electrons. The molecule has 2 aliphatic rings. The first-order valence-corrected chi connectivity index (χ1v) is 10.8. The number of amides is 1. The maximum absolute atomic E-state index is 12.2. The van der Waals surface area contributed by atoms with Gasteiger partial charge in [0.1, 0.15) is 11.9 Å². The Bertz CT molecular complexity index is 911. The van der Waals surface area contributed by atoms with Gasteiger partial charge in [-0.25, -0.2) is 0 Å². The van der Waals surface area contributed by atoms with Crippen molar-refractivity contribution in [3.8, 4) is 5.75 Å². The van der Waals surface area contributed by atoms with Gasteiger partial charge in [0.25, 0.3) is 0 Å². The second kappa shape index (κ2) is 9.50. The van der Waals surface area contributed by atoms with E-state index >= 15 is 0 Å². The maximum atomic E-state index is 12.2. The van der Waals surface area contributed by atoms with Gasteiger partial charge in [0.15, 0.2) is 0 Å². The van der Waals surface area contributed by atoms with Gasteiger partial charge in [-0.05, 0) is 48.7 Å². The van der Waals surface area contributed by atoms with Crippen LogP contribution in [0.4, 0.5) is 0 Å². The highest BCUT2D eigenvalue weighted by atomic mass is 35.5. The maximum Gasteiger partial charge on any atom is 0.219 e. The quantitative estimate of drug-likeness (QED) is 0.743. The van der Waals surface area contributed by atoms with Gasteiger partial charge < -0.3 is 15.0 Å². The first-order chi connectivity index (χ1) is 14.6. The lowest BCUT2D eigenvalue weighted by Crippen LogP contribution is -2.52. The number of benzene rings is 2. The highest BCUT2D eigenvalue weighted by molar-refractivity contribution is 6.30. The number of carbonyl (C=O) groups excluding carboxylic acids is 1. The molecule has 156 valence electrons. The molecule has 0 aromatic heterocycles. The normalized spacial score (nSPS) is 25.9. The molecule has 1 heterocycles. The molecule has 1 N–H and O–H groups in total. The van der Waals surface area contributed by atoms with Crippen LogP contribution in [0, 0.1) is 0 Å². The predicted molar refractivity (Wildman–Crippen MR) is 121 cm³/mol. The smallest absolute Gasteiger partial charge is 0.219 e. The summed E-state index contributed by atoms with van der Waals surface area (Å²) in [7, 11) is 0. The van der Waals surface area contributed by atoms with E-state index in [-0.39, 0.29) is 24.1 Å². The summed E-state index contributed by atoms with van der Waals surface area (Å²) >= 11 is 5.99. The summed E-state index contributed by atoms with van der Waals surface area (Å²) in [6.45, 7) is 2.41. The lowest BCUT2D eigenvalue weighted by molar-refractivity contribution is -0.133. The third-order valence-electron chi connectivity index (χ3n) is 5.79. The highest BCUT2D eigenvalue weighted by Gasteiger charge is 2.33. The molecule has 0 spiro atoms. The molecule has 0 saturated carbocycles. The van der Waals surface area contributed by atoms with Crippen molar-refractivity contribution >= 4 is 17.5 Å². The monoisotopic (exact) mass is 422 g/mol. The lowest BCUT2D eigenvalue weighted by atomic mass is 9.90. The van der Waals surface area contributed by atoms with E-state index in [9.17, 15) is 4.79 Å². The molecule has 1 aliphatic carbocycles. The number of nitrogens with one attached hydrogen (secondary N) is 1. The van der Waals surface area contributed by atoms with Gasteiger partial charge >= 0.3 is 0 Å². The molecule has 1 aliphatic heterocycles. The van der Waals surface area contributed by atoms with Crippen molar-refractivity contribution in [1.29, 1.82) is 0 Å². The summed E-state index contributed by atoms with van der Waals surface area (Å²) in [5, 5.41) is 4.47. The van der Waals surface area contributed by atoms with Crippen molar-refractivity contribution in [1.82, 2.24) is 10.2 Å². The Kier molecular flexibility index (Phi) is 6.56. The average Bonchev–Trinajstić information content (AvgIpc) is 2.77. The number of ether oxygens (including phenoxy) is 1. The largest absolute Gasteiger partial charge is 0.484 e. The van der Waals surface area contributed by atoms with E-state index in [4.69, 9.17) is 16.3 Å². The van der Waals surface area contributed by atoms with Crippen LogP contribution in [-0.2, 0) is 4.79 Å². The fraction of sp³-hybridized carbons (Fsp3) is 0.320. The molecule has 30 heavy (non-hydrogen) atoms. The Labute approximate surface area is 183 Å². The third-order valence-corrected chi connectivity index (χ3v) is 6.04. The summed E-state index contributed by atoms with van der Waals surface area (Å²) in [6.07, 6.45) is 10.00. The molecule has 2 aromatic carbocycles. The number of halogens is 1. The Morgan fingerprint density at radius 2 is 1.80 bits per heavy atom. The van der Waals surface area contributed by atoms with E-state index in [0.717, 1.165) is 25.1 Å². The van der Waals surface area contributed by atoms with E-state index in [1.807, 2.05) is 53.4 Å². The predicted octanol–water partition coefficient (Wildman–Crippen LogP) is 4.92. The standard InChI is InChI=1S/C25H27ClN2O2/c1-18(29)28-16-15-21(17-24(28)19-7-3-2-4-8-19)27-23-9-5-6-10-25(23)30-22-13-11-20(26)12-14-22/h2-14,21,23-25,27H,15-17H2,1H3. The van der Waals surface area contributed by atoms with Crippen molar-refractivity contribution < 1.29 is 9.53 Å². The van der Waals surface area contributed by atoms with Crippen molar-refractivity contribution in [2.24, 2.45) is 0 Å². The van der Waals surface area contributed by atoms with E-state index < -0.39 is 0 Å². The molecule has 4 unspecified atom stereocenters. The molecule has 4 atom stereocenters. The Morgan fingerprint density at radius 1 is 1.07 bits per heavy atom. The zero-order valence-electron chi connectivity index (χ0n) is 17.1. The topological polar surface area (TPSA) is 41.6 Å². The van der Waals surface area contributed by atoms with Crippen LogP contribution in [0.1, 0.15) is 31.4 Å². The number of piperidine rings is 1. The first kappa shape index (κ1) is 20.7. The van der Waals surface area contributed by atoms with Crippen LogP contribution >= 0.6 is 11.6 Å². The summed E-state index contributed by atoms with van der Waals surface area (Å²) in [4.78, 5) is 14.2. The highest BCUT2D eigenvalue weighted by Crippen LogP contribution is 2.32. The van der Waals surface area contributed by atoms with Gasteiger partial charge in [0, 0.05) is 24.5 Å². The molecule has 4 nitrogen and oxygen atoms in total. The molecule has 1 saturated heterocycles. The van der Waals surface area contributed by atoms with E-state index in [2.05, 4.69) is 35.7 Å². The number of likely N-dealkylation sites (tertiary alicyclic amines) is 1. The molecule has 2 aromatic rings. The minimum atomic E-state index is -0.0998. The number of rotatable bonds is 5. The van der Waals surface area contributed by atoms with Gasteiger partial charge in [-0.15, -0.1) is 0 Å². The zero-order valence-corrected chi connectivity index (χ0v) is 17.8. The molecular formula is C25H27ClN2O2. The van der Waals surface area contributed by atoms with Crippen LogP contribution in [0.2, 0.25) is 5.02 Å². The van der Waals surface area contributed by atoms with Crippen LogP contribution in [-0.4, -0.2) is 35.5 Å². The van der Waals surface area contributed by atoms with Crippen LogP contribution < -0.4 is 10.1 Å². The molecular weight excluding hydrogens is 396 g/mol. The summed E-state index contributed by atoms with van der Waals surface area (Å²) in [5.74, 6) is 0.927. The van der Waals surface area contributed by atoms with Crippen LogP contribution in [0.15, 0.2) is 78.9 Å². The molecule has 0 bridgehead atoms. The van der Waals surface area contributed by atoms with Crippen LogP contribution in [0.25, 0.3) is 0 Å². The number of nitrogens with zero attached hydrogens (tertiary/aromatic N) is 1. The molecule has 4 rings (SSSR count). The lowest BCUT2D eigenvalue weighted by Gasteiger charge is -2.41. The number of hydrogen-bond donors (Lipinski definition) is 1. The molecule has 1 fully saturated rings. The number of hydrogen-bond acceptors (Lipinski definition) is 3.